The molecule has 2 aliphatic heterocycles. The third-order valence-corrected chi connectivity index (χ3v) is 8.35. The fourth-order valence-corrected chi connectivity index (χ4v) is 5.86. The summed E-state index contributed by atoms with van der Waals surface area (Å²) < 4.78 is 0. The number of benzene rings is 1. The number of amides is 1. The Bertz CT molecular complexity index is 1130. The first-order valence-electron chi connectivity index (χ1n) is 13.9. The first-order valence-corrected chi connectivity index (χ1v) is 14.5. The number of aldehydes is 1. The first-order chi connectivity index (χ1) is 18.8. The zero-order valence-electron chi connectivity index (χ0n) is 23.7. The number of nitrogens with one attached hydrogen (secondary N) is 1. The molecule has 39 heavy (non-hydrogen) atoms. The third-order valence-electron chi connectivity index (χ3n) is 7.66. The van der Waals surface area contributed by atoms with Crippen LogP contribution in [0.5, 0.6) is 0 Å². The molecule has 3 N–H and O–H groups in total. The van der Waals surface area contributed by atoms with Crippen molar-refractivity contribution in [2.45, 2.75) is 52.4 Å². The van der Waals surface area contributed by atoms with Crippen molar-refractivity contribution in [1.82, 2.24) is 10.3 Å². The van der Waals surface area contributed by atoms with Crippen molar-refractivity contribution in [3.63, 3.8) is 0 Å². The quantitative estimate of drug-likeness (QED) is 0.120. The van der Waals surface area contributed by atoms with E-state index in [0.29, 0.717) is 30.2 Å². The molecule has 0 spiro atoms. The van der Waals surface area contributed by atoms with Crippen LogP contribution in [0.2, 0.25) is 0 Å². The minimum atomic E-state index is -0.0563. The lowest BCUT2D eigenvalue weighted by molar-refractivity contribution is -0.128. The van der Waals surface area contributed by atoms with E-state index < -0.39 is 0 Å². The maximum absolute atomic E-state index is 12.3. The molecule has 7 nitrogen and oxygen atoms in total. The summed E-state index contributed by atoms with van der Waals surface area (Å²) in [5, 5.41) is 5.54. The topological polar surface area (TPSA) is 91.0 Å². The van der Waals surface area contributed by atoms with Gasteiger partial charge in [0.2, 0.25) is 5.91 Å². The van der Waals surface area contributed by atoms with Crippen LogP contribution < -0.4 is 16.1 Å². The van der Waals surface area contributed by atoms with Crippen LogP contribution in [0.4, 0.5) is 5.69 Å². The second-order valence-corrected chi connectivity index (χ2v) is 10.9. The molecule has 0 saturated carbocycles. The molecular formula is C31H44N5O2P. The number of amidine groups is 1. The van der Waals surface area contributed by atoms with Gasteiger partial charge < -0.3 is 21.0 Å². The Morgan fingerprint density at radius 3 is 2.51 bits per heavy atom. The van der Waals surface area contributed by atoms with Crippen LogP contribution in [-0.2, 0) is 16.0 Å². The van der Waals surface area contributed by atoms with Gasteiger partial charge in [-0.1, -0.05) is 44.2 Å². The van der Waals surface area contributed by atoms with Gasteiger partial charge in [0.05, 0.1) is 5.70 Å². The van der Waals surface area contributed by atoms with E-state index in [1.54, 1.807) is 7.05 Å². The highest BCUT2D eigenvalue weighted by Gasteiger charge is 2.40. The molecule has 0 aromatic heterocycles. The lowest BCUT2D eigenvalue weighted by atomic mass is 9.82. The van der Waals surface area contributed by atoms with E-state index in [0.717, 1.165) is 44.2 Å². The van der Waals surface area contributed by atoms with Crippen LogP contribution in [0, 0.1) is 11.8 Å². The maximum atomic E-state index is 12.3. The predicted molar refractivity (Wildman–Crippen MR) is 165 cm³/mol. The molecule has 1 saturated heterocycles. The number of piperidine rings is 1. The van der Waals surface area contributed by atoms with Crippen molar-refractivity contribution >= 4 is 33.0 Å². The van der Waals surface area contributed by atoms with Gasteiger partial charge in [-0.3, -0.25) is 9.59 Å². The van der Waals surface area contributed by atoms with E-state index in [-0.39, 0.29) is 17.7 Å². The molecule has 2 heterocycles. The summed E-state index contributed by atoms with van der Waals surface area (Å²) in [6.07, 6.45) is 13.3. The van der Waals surface area contributed by atoms with Crippen LogP contribution in [0.15, 0.2) is 76.3 Å². The van der Waals surface area contributed by atoms with E-state index in [2.05, 4.69) is 81.5 Å². The van der Waals surface area contributed by atoms with E-state index >= 15 is 0 Å². The number of carbonyl (C=O) groups is 2. The number of allylic oxidation sites excluding steroid dienone is 4. The Labute approximate surface area is 236 Å². The standard InChI is InChI=1S/C24H33N5O2.C7H11P/c1-4-7-17-9-11-19(12-10-17)29-15-20(21(16-30)23(29)24(25)27-26-3)18-8-6-13-28(14-18)22(31)5-2;1-6-4-2-3-5-7(6)8/h5,9-12,16,18,20,26H,2,4,6-8,13-15H2,1,3H3,(H2,25,27);4-5H,2-3,8H2,1H3. The number of nitrogens with zero attached hydrogens (tertiary/aromatic N) is 3. The number of aryl methyl sites for hydroxylation is 1. The minimum absolute atomic E-state index is 0.0196. The molecule has 3 atom stereocenters. The lowest BCUT2D eigenvalue weighted by Crippen LogP contribution is -2.42. The van der Waals surface area contributed by atoms with Crippen LogP contribution in [0.3, 0.4) is 0 Å². The van der Waals surface area contributed by atoms with Gasteiger partial charge in [-0.2, -0.15) is 5.10 Å². The number of hydrazone groups is 1. The molecule has 0 bridgehead atoms. The Morgan fingerprint density at radius 1 is 1.23 bits per heavy atom. The second kappa shape index (κ2) is 14.8. The lowest BCUT2D eigenvalue weighted by Gasteiger charge is -2.35. The van der Waals surface area contributed by atoms with Gasteiger partial charge in [0.1, 0.15) is 6.29 Å². The number of hydrogen-bond donors (Lipinski definition) is 2. The molecule has 8 heteroatoms. The Kier molecular flexibility index (Phi) is 11.5. The highest BCUT2D eigenvalue weighted by atomic mass is 31.0. The smallest absolute Gasteiger partial charge is 0.245 e. The van der Waals surface area contributed by atoms with Crippen molar-refractivity contribution in [1.29, 1.82) is 0 Å². The Morgan fingerprint density at radius 2 is 1.95 bits per heavy atom. The highest BCUT2D eigenvalue weighted by molar-refractivity contribution is 7.23. The zero-order chi connectivity index (χ0) is 28.4. The summed E-state index contributed by atoms with van der Waals surface area (Å²) in [5.41, 5.74) is 14.0. The number of hydrogen-bond acceptors (Lipinski definition) is 5. The fourth-order valence-electron chi connectivity index (χ4n) is 5.57. The van der Waals surface area contributed by atoms with Gasteiger partial charge in [-0.25, -0.2) is 0 Å². The summed E-state index contributed by atoms with van der Waals surface area (Å²) in [5.74, 6) is 0.396. The number of rotatable bonds is 8. The molecular weight excluding hydrogens is 505 g/mol. The Balaban J connectivity index is 0.000000449. The largest absolute Gasteiger partial charge is 0.381 e. The maximum Gasteiger partial charge on any atom is 0.245 e. The van der Waals surface area contributed by atoms with Crippen molar-refractivity contribution < 1.29 is 9.59 Å². The van der Waals surface area contributed by atoms with E-state index in [1.807, 2.05) is 4.90 Å². The van der Waals surface area contributed by atoms with Gasteiger partial charge in [-0.05, 0) is 79.6 Å². The number of carbonyl (C=O) groups excluding carboxylic acids is 2. The van der Waals surface area contributed by atoms with Crippen molar-refractivity contribution in [3.8, 4) is 0 Å². The highest BCUT2D eigenvalue weighted by Crippen LogP contribution is 2.39. The van der Waals surface area contributed by atoms with Gasteiger partial charge in [-0.15, -0.1) is 9.24 Å². The SMILES string of the molecule is C=CC(=O)N1CCCC(C2CN(c3ccc(CCC)cc3)C(/C(N)=N\NC)=C2C=O)C1.CC1=CCCC=C1P. The zero-order valence-corrected chi connectivity index (χ0v) is 24.8. The van der Waals surface area contributed by atoms with Gasteiger partial charge >= 0.3 is 0 Å². The summed E-state index contributed by atoms with van der Waals surface area (Å²) in [6, 6.07) is 8.41. The van der Waals surface area contributed by atoms with Crippen molar-refractivity contribution in [3.05, 3.63) is 76.8 Å². The number of likely N-dealkylation sites (tertiary alicyclic amines) is 1. The Hall–Kier alpha value is -3.18. The average Bonchev–Trinajstić information content (AvgIpc) is 3.35. The van der Waals surface area contributed by atoms with Gasteiger partial charge in [0, 0.05) is 43.9 Å². The van der Waals surface area contributed by atoms with Crippen LogP contribution >= 0.6 is 9.24 Å². The van der Waals surface area contributed by atoms with E-state index in [1.165, 1.54) is 35.4 Å². The predicted octanol–water partition coefficient (Wildman–Crippen LogP) is 4.93. The van der Waals surface area contributed by atoms with E-state index in [4.69, 9.17) is 5.73 Å². The average molecular weight is 550 g/mol. The van der Waals surface area contributed by atoms with Crippen LogP contribution in [0.1, 0.15) is 51.5 Å². The van der Waals surface area contributed by atoms with Crippen molar-refractivity contribution in [2.24, 2.45) is 22.7 Å². The normalized spacial score (nSPS) is 21.5. The second-order valence-electron chi connectivity index (χ2n) is 10.3. The fraction of sp³-hybridized carbons (Fsp3) is 0.452. The molecule has 1 aliphatic carbocycles. The van der Waals surface area contributed by atoms with Crippen LogP contribution in [-0.4, -0.2) is 49.6 Å². The van der Waals surface area contributed by atoms with Crippen molar-refractivity contribution in [2.75, 3.05) is 31.6 Å². The third kappa shape index (κ3) is 7.69. The molecule has 3 unspecified atom stereocenters. The van der Waals surface area contributed by atoms with E-state index in [9.17, 15) is 9.59 Å². The molecule has 1 fully saturated rings. The molecule has 1 aromatic rings. The molecule has 0 radical (unpaired) electrons. The molecule has 3 aliphatic rings. The van der Waals surface area contributed by atoms with Gasteiger partial charge in [0.25, 0.3) is 0 Å². The molecule has 210 valence electrons. The molecule has 1 aromatic carbocycles. The monoisotopic (exact) mass is 549 g/mol. The molecule has 1 amide bonds. The van der Waals surface area contributed by atoms with Crippen LogP contribution in [0.25, 0.3) is 0 Å². The summed E-state index contributed by atoms with van der Waals surface area (Å²) >= 11 is 0. The summed E-state index contributed by atoms with van der Waals surface area (Å²) in [7, 11) is 4.42. The van der Waals surface area contributed by atoms with Gasteiger partial charge in [0.15, 0.2) is 5.84 Å². The number of nitrogens with two attached hydrogens (primary N) is 1. The number of anilines is 1. The first kappa shape index (κ1) is 30.4. The summed E-state index contributed by atoms with van der Waals surface area (Å²) in [6.45, 7) is 9.91. The molecule has 4 rings (SSSR count). The summed E-state index contributed by atoms with van der Waals surface area (Å²) in [4.78, 5) is 28.4. The minimum Gasteiger partial charge on any atom is -0.381 e.